The van der Waals surface area contributed by atoms with Crippen molar-refractivity contribution in [1.29, 1.82) is 0 Å². The Bertz CT molecular complexity index is 712. The summed E-state index contributed by atoms with van der Waals surface area (Å²) in [7, 11) is 0. The van der Waals surface area contributed by atoms with Gasteiger partial charge in [0, 0.05) is 38.6 Å². The van der Waals surface area contributed by atoms with E-state index in [1.807, 2.05) is 42.3 Å². The molecule has 5 nitrogen and oxygen atoms in total. The topological polar surface area (TPSA) is 49.6 Å². The molecule has 2 aliphatic rings. The molecule has 0 aliphatic carbocycles. The van der Waals surface area contributed by atoms with Crippen LogP contribution >= 0.6 is 0 Å². The molecule has 0 radical (unpaired) electrons. The predicted molar refractivity (Wildman–Crippen MR) is 90.0 cm³/mol. The molecule has 1 amide bonds. The fourth-order valence-electron chi connectivity index (χ4n) is 3.99. The van der Waals surface area contributed by atoms with Crippen LogP contribution in [-0.4, -0.2) is 40.3 Å². The second-order valence-electron chi connectivity index (χ2n) is 6.98. The van der Waals surface area contributed by atoms with Crippen molar-refractivity contribution in [3.63, 3.8) is 0 Å². The van der Waals surface area contributed by atoms with Crippen molar-refractivity contribution in [3.05, 3.63) is 53.7 Å². The van der Waals surface area contributed by atoms with Crippen LogP contribution in [0.5, 0.6) is 0 Å². The molecular formula is C19H23N3O2. The molecule has 4 heterocycles. The minimum absolute atomic E-state index is 0.131. The van der Waals surface area contributed by atoms with Gasteiger partial charge in [0.2, 0.25) is 5.91 Å². The van der Waals surface area contributed by atoms with E-state index in [0.717, 1.165) is 49.7 Å². The van der Waals surface area contributed by atoms with Crippen LogP contribution in [0.15, 0.2) is 41.1 Å². The summed E-state index contributed by atoms with van der Waals surface area (Å²) in [5, 5.41) is 0. The van der Waals surface area contributed by atoms with Crippen LogP contribution in [0, 0.1) is 18.8 Å². The van der Waals surface area contributed by atoms with Gasteiger partial charge < -0.3 is 9.32 Å². The van der Waals surface area contributed by atoms with Gasteiger partial charge >= 0.3 is 0 Å². The first-order valence-electron chi connectivity index (χ1n) is 8.64. The number of carbonyl (C=O) groups excluding carboxylic acids is 1. The van der Waals surface area contributed by atoms with Crippen molar-refractivity contribution in [2.24, 2.45) is 11.8 Å². The monoisotopic (exact) mass is 325 g/mol. The molecule has 2 aromatic heterocycles. The van der Waals surface area contributed by atoms with Crippen LogP contribution in [0.3, 0.4) is 0 Å². The highest BCUT2D eigenvalue weighted by atomic mass is 16.3. The van der Waals surface area contributed by atoms with E-state index in [-0.39, 0.29) is 5.92 Å². The third-order valence-corrected chi connectivity index (χ3v) is 5.19. The number of nitrogens with zero attached hydrogens (tertiary/aromatic N) is 3. The minimum Gasteiger partial charge on any atom is -0.465 e. The molecule has 0 saturated carbocycles. The Morgan fingerprint density at radius 1 is 1.25 bits per heavy atom. The fourth-order valence-corrected chi connectivity index (χ4v) is 3.99. The number of fused-ring (bicyclic) bond motifs is 1. The van der Waals surface area contributed by atoms with E-state index in [1.54, 1.807) is 6.20 Å². The lowest BCUT2D eigenvalue weighted by Crippen LogP contribution is -2.44. The number of likely N-dealkylation sites (tertiary alicyclic amines) is 2. The zero-order chi connectivity index (χ0) is 16.5. The van der Waals surface area contributed by atoms with E-state index >= 15 is 0 Å². The van der Waals surface area contributed by atoms with E-state index < -0.39 is 0 Å². The van der Waals surface area contributed by atoms with E-state index in [0.29, 0.717) is 18.4 Å². The average Bonchev–Trinajstić information content (AvgIpc) is 3.18. The maximum absolute atomic E-state index is 12.9. The molecule has 0 aromatic carbocycles. The quantitative estimate of drug-likeness (QED) is 0.866. The smallest absolute Gasteiger partial charge is 0.227 e. The van der Waals surface area contributed by atoms with Crippen LogP contribution in [0.25, 0.3) is 0 Å². The van der Waals surface area contributed by atoms with Crippen molar-refractivity contribution >= 4 is 5.91 Å². The van der Waals surface area contributed by atoms with Crippen molar-refractivity contribution in [3.8, 4) is 0 Å². The Labute approximate surface area is 142 Å². The number of pyridine rings is 1. The van der Waals surface area contributed by atoms with E-state index in [2.05, 4.69) is 9.88 Å². The maximum atomic E-state index is 12.9. The summed E-state index contributed by atoms with van der Waals surface area (Å²) in [6, 6.07) is 7.99. The molecule has 126 valence electrons. The molecule has 5 heteroatoms. The lowest BCUT2D eigenvalue weighted by atomic mass is 9.88. The number of carbonyl (C=O) groups is 1. The van der Waals surface area contributed by atoms with Gasteiger partial charge in [-0.2, -0.15) is 0 Å². The molecule has 2 aliphatic heterocycles. The number of furan rings is 1. The normalized spacial score (nSPS) is 24.4. The van der Waals surface area contributed by atoms with E-state index in [9.17, 15) is 4.79 Å². The van der Waals surface area contributed by atoms with E-state index in [4.69, 9.17) is 4.42 Å². The second kappa shape index (κ2) is 6.40. The highest BCUT2D eigenvalue weighted by molar-refractivity contribution is 5.80. The molecule has 4 rings (SSSR count). The number of rotatable bonds is 4. The molecular weight excluding hydrogens is 302 g/mol. The number of piperidine rings is 1. The van der Waals surface area contributed by atoms with Crippen molar-refractivity contribution in [1.82, 2.24) is 14.8 Å². The molecule has 2 saturated heterocycles. The summed E-state index contributed by atoms with van der Waals surface area (Å²) in [6.45, 7) is 6.13. The SMILES string of the molecule is Cc1ccc(CN2C[C@H]3CCN(Cc4cccnc4)C(=O)[C@@H]3C2)o1. The van der Waals surface area contributed by atoms with Crippen LogP contribution in [-0.2, 0) is 17.9 Å². The van der Waals surface area contributed by atoms with Crippen molar-refractivity contribution < 1.29 is 9.21 Å². The van der Waals surface area contributed by atoms with Gasteiger partial charge in [0.05, 0.1) is 12.5 Å². The summed E-state index contributed by atoms with van der Waals surface area (Å²) >= 11 is 0. The first-order valence-corrected chi connectivity index (χ1v) is 8.64. The summed E-state index contributed by atoms with van der Waals surface area (Å²) in [5.41, 5.74) is 1.10. The molecule has 0 bridgehead atoms. The summed E-state index contributed by atoms with van der Waals surface area (Å²) < 4.78 is 5.68. The minimum atomic E-state index is 0.131. The number of hydrogen-bond acceptors (Lipinski definition) is 4. The molecule has 24 heavy (non-hydrogen) atoms. The first-order chi connectivity index (χ1) is 11.7. The maximum Gasteiger partial charge on any atom is 0.227 e. The predicted octanol–water partition coefficient (Wildman–Crippen LogP) is 2.46. The zero-order valence-corrected chi connectivity index (χ0v) is 14.0. The van der Waals surface area contributed by atoms with Gasteiger partial charge in [-0.05, 0) is 43.0 Å². The summed E-state index contributed by atoms with van der Waals surface area (Å²) in [5.74, 6) is 2.85. The number of hydrogen-bond donors (Lipinski definition) is 0. The van der Waals surface area contributed by atoms with Crippen molar-refractivity contribution in [2.45, 2.75) is 26.4 Å². The summed E-state index contributed by atoms with van der Waals surface area (Å²) in [6.07, 6.45) is 4.70. The van der Waals surface area contributed by atoms with Crippen LogP contribution < -0.4 is 0 Å². The summed E-state index contributed by atoms with van der Waals surface area (Å²) in [4.78, 5) is 21.4. The number of aryl methyl sites for hydroxylation is 1. The molecule has 0 N–H and O–H groups in total. The van der Waals surface area contributed by atoms with Crippen LogP contribution in [0.2, 0.25) is 0 Å². The highest BCUT2D eigenvalue weighted by Crippen LogP contribution is 2.33. The van der Waals surface area contributed by atoms with Gasteiger partial charge in [-0.25, -0.2) is 0 Å². The Morgan fingerprint density at radius 3 is 2.92 bits per heavy atom. The van der Waals surface area contributed by atoms with Gasteiger partial charge in [0.25, 0.3) is 0 Å². The molecule has 2 atom stereocenters. The number of aromatic nitrogens is 1. The zero-order valence-electron chi connectivity index (χ0n) is 14.0. The van der Waals surface area contributed by atoms with Gasteiger partial charge in [-0.3, -0.25) is 14.7 Å². The number of amides is 1. The third kappa shape index (κ3) is 3.08. The van der Waals surface area contributed by atoms with Gasteiger partial charge in [0.1, 0.15) is 11.5 Å². The van der Waals surface area contributed by atoms with Gasteiger partial charge in [-0.15, -0.1) is 0 Å². The Balaban J connectivity index is 1.40. The Hall–Kier alpha value is -2.14. The molecule has 0 spiro atoms. The van der Waals surface area contributed by atoms with Crippen molar-refractivity contribution in [2.75, 3.05) is 19.6 Å². The Morgan fingerprint density at radius 2 is 2.17 bits per heavy atom. The van der Waals surface area contributed by atoms with Crippen LogP contribution in [0.1, 0.15) is 23.5 Å². The third-order valence-electron chi connectivity index (χ3n) is 5.19. The highest BCUT2D eigenvalue weighted by Gasteiger charge is 2.42. The second-order valence-corrected chi connectivity index (χ2v) is 6.98. The van der Waals surface area contributed by atoms with Crippen LogP contribution in [0.4, 0.5) is 0 Å². The van der Waals surface area contributed by atoms with E-state index in [1.165, 1.54) is 0 Å². The first kappa shape index (κ1) is 15.4. The lowest BCUT2D eigenvalue weighted by molar-refractivity contribution is -0.140. The molecule has 2 aromatic rings. The standard InChI is InChI=1S/C19H23N3O2/c1-14-4-5-17(24-14)12-21-11-16-6-8-22(19(23)18(16)13-21)10-15-3-2-7-20-9-15/h2-5,7,9,16,18H,6,8,10-13H2,1H3/t16-,18-/m1/s1. The Kier molecular flexibility index (Phi) is 4.10. The molecule has 0 unspecified atom stereocenters. The van der Waals surface area contributed by atoms with Gasteiger partial charge in [0.15, 0.2) is 0 Å². The van der Waals surface area contributed by atoms with Gasteiger partial charge in [-0.1, -0.05) is 6.07 Å². The fraction of sp³-hybridized carbons (Fsp3) is 0.474. The largest absolute Gasteiger partial charge is 0.465 e. The molecule has 2 fully saturated rings. The lowest BCUT2D eigenvalue weighted by Gasteiger charge is -2.33. The average molecular weight is 325 g/mol.